The molecule has 2 heterocycles. The van der Waals surface area contributed by atoms with Crippen molar-refractivity contribution in [3.05, 3.63) is 22.4 Å². The van der Waals surface area contributed by atoms with Gasteiger partial charge in [-0.3, -0.25) is 14.4 Å². The standard InChI is InChI=1S/C14H23N5O/c1-9(2)6-10(3)18(4)8-12-16-13-11(14(20)17-12)7-15-19(13)5/h7,9-10H,6,8H2,1-5H3,(H,16,17,20). The Kier molecular flexibility index (Phi) is 4.23. The molecule has 0 amide bonds. The number of aryl methyl sites for hydroxylation is 1. The second-order valence-corrected chi connectivity index (χ2v) is 5.91. The Balaban J connectivity index is 2.21. The lowest BCUT2D eigenvalue weighted by molar-refractivity contribution is 0.216. The fraction of sp³-hybridized carbons (Fsp3) is 0.643. The molecular formula is C14H23N5O. The van der Waals surface area contributed by atoms with E-state index in [-0.39, 0.29) is 5.56 Å². The summed E-state index contributed by atoms with van der Waals surface area (Å²) in [6.07, 6.45) is 2.67. The van der Waals surface area contributed by atoms with Gasteiger partial charge in [0, 0.05) is 13.1 Å². The Bertz CT molecular complexity index is 643. The molecule has 0 aliphatic rings. The van der Waals surface area contributed by atoms with E-state index in [1.165, 1.54) is 0 Å². The molecular weight excluding hydrogens is 254 g/mol. The lowest BCUT2D eigenvalue weighted by Crippen LogP contribution is -2.31. The number of aromatic nitrogens is 4. The van der Waals surface area contributed by atoms with Crippen molar-refractivity contribution in [3.63, 3.8) is 0 Å². The van der Waals surface area contributed by atoms with Gasteiger partial charge >= 0.3 is 0 Å². The minimum atomic E-state index is -0.122. The molecule has 0 aliphatic carbocycles. The van der Waals surface area contributed by atoms with Crippen LogP contribution in [0.1, 0.15) is 33.0 Å². The van der Waals surface area contributed by atoms with Gasteiger partial charge in [0.05, 0.1) is 12.7 Å². The van der Waals surface area contributed by atoms with E-state index in [2.05, 4.69) is 47.8 Å². The van der Waals surface area contributed by atoms with Gasteiger partial charge < -0.3 is 4.98 Å². The van der Waals surface area contributed by atoms with Crippen LogP contribution >= 0.6 is 0 Å². The van der Waals surface area contributed by atoms with E-state index in [1.54, 1.807) is 17.9 Å². The first-order valence-corrected chi connectivity index (χ1v) is 6.99. The van der Waals surface area contributed by atoms with Crippen LogP contribution in [0.4, 0.5) is 0 Å². The highest BCUT2D eigenvalue weighted by Gasteiger charge is 2.14. The van der Waals surface area contributed by atoms with Crippen molar-refractivity contribution in [1.82, 2.24) is 24.6 Å². The van der Waals surface area contributed by atoms with Crippen molar-refractivity contribution in [2.75, 3.05) is 7.05 Å². The van der Waals surface area contributed by atoms with Gasteiger partial charge in [0.25, 0.3) is 5.56 Å². The Labute approximate surface area is 118 Å². The quantitative estimate of drug-likeness (QED) is 0.900. The van der Waals surface area contributed by atoms with E-state index in [9.17, 15) is 4.79 Å². The molecule has 0 aromatic carbocycles. The normalized spacial score (nSPS) is 13.6. The topological polar surface area (TPSA) is 66.8 Å². The summed E-state index contributed by atoms with van der Waals surface area (Å²) in [5.74, 6) is 1.34. The zero-order valence-corrected chi connectivity index (χ0v) is 12.8. The SMILES string of the molecule is CC(C)CC(C)N(C)Cc1nc2c(cnn2C)c(=O)[nH]1. The predicted octanol–water partition coefficient (Wildman–Crippen LogP) is 1.52. The smallest absolute Gasteiger partial charge is 0.262 e. The highest BCUT2D eigenvalue weighted by atomic mass is 16.1. The number of H-pyrrole nitrogens is 1. The molecule has 0 radical (unpaired) electrons. The molecule has 20 heavy (non-hydrogen) atoms. The van der Waals surface area contributed by atoms with E-state index < -0.39 is 0 Å². The fourth-order valence-corrected chi connectivity index (χ4v) is 2.41. The van der Waals surface area contributed by atoms with Crippen molar-refractivity contribution in [1.29, 1.82) is 0 Å². The highest BCUT2D eigenvalue weighted by molar-refractivity contribution is 5.72. The van der Waals surface area contributed by atoms with Crippen LogP contribution in [0, 0.1) is 5.92 Å². The summed E-state index contributed by atoms with van der Waals surface area (Å²) in [4.78, 5) is 21.5. The zero-order chi connectivity index (χ0) is 14.9. The average molecular weight is 277 g/mol. The highest BCUT2D eigenvalue weighted by Crippen LogP contribution is 2.12. The summed E-state index contributed by atoms with van der Waals surface area (Å²) in [5.41, 5.74) is 0.511. The Hall–Kier alpha value is -1.69. The molecule has 2 aromatic rings. The lowest BCUT2D eigenvalue weighted by Gasteiger charge is -2.25. The molecule has 0 fully saturated rings. The van der Waals surface area contributed by atoms with Crippen LogP contribution in [-0.2, 0) is 13.6 Å². The first-order valence-electron chi connectivity index (χ1n) is 6.99. The maximum Gasteiger partial charge on any atom is 0.262 e. The summed E-state index contributed by atoms with van der Waals surface area (Å²) >= 11 is 0. The van der Waals surface area contributed by atoms with E-state index in [1.807, 2.05) is 0 Å². The molecule has 6 nitrogen and oxygen atoms in total. The molecule has 110 valence electrons. The summed E-state index contributed by atoms with van der Waals surface area (Å²) in [5, 5.41) is 4.61. The first kappa shape index (κ1) is 14.7. The number of hydrogen-bond donors (Lipinski definition) is 1. The van der Waals surface area contributed by atoms with Crippen molar-refractivity contribution in [3.8, 4) is 0 Å². The van der Waals surface area contributed by atoms with Crippen LogP contribution in [-0.4, -0.2) is 37.7 Å². The van der Waals surface area contributed by atoms with E-state index in [0.717, 1.165) is 6.42 Å². The van der Waals surface area contributed by atoms with Gasteiger partial charge in [-0.1, -0.05) is 13.8 Å². The maximum absolute atomic E-state index is 12.0. The molecule has 0 aliphatic heterocycles. The van der Waals surface area contributed by atoms with Crippen LogP contribution in [0.15, 0.2) is 11.0 Å². The van der Waals surface area contributed by atoms with Crippen molar-refractivity contribution in [2.45, 2.75) is 39.8 Å². The van der Waals surface area contributed by atoms with Crippen LogP contribution in [0.3, 0.4) is 0 Å². The number of nitrogens with one attached hydrogen (secondary N) is 1. The second kappa shape index (κ2) is 5.75. The molecule has 6 heteroatoms. The maximum atomic E-state index is 12.0. The predicted molar refractivity (Wildman–Crippen MR) is 79.5 cm³/mol. The minimum absolute atomic E-state index is 0.122. The van der Waals surface area contributed by atoms with Gasteiger partial charge in [0.15, 0.2) is 5.65 Å². The number of fused-ring (bicyclic) bond motifs is 1. The number of rotatable bonds is 5. The molecule has 2 aromatic heterocycles. The van der Waals surface area contributed by atoms with Crippen LogP contribution in [0.5, 0.6) is 0 Å². The number of nitrogens with zero attached hydrogens (tertiary/aromatic N) is 4. The lowest BCUT2D eigenvalue weighted by atomic mass is 10.0. The van der Waals surface area contributed by atoms with Gasteiger partial charge in [-0.2, -0.15) is 5.10 Å². The third-order valence-corrected chi connectivity index (χ3v) is 3.61. The van der Waals surface area contributed by atoms with Gasteiger partial charge in [-0.25, -0.2) is 4.98 Å². The minimum Gasteiger partial charge on any atom is -0.309 e. The van der Waals surface area contributed by atoms with Crippen LogP contribution < -0.4 is 5.56 Å². The second-order valence-electron chi connectivity index (χ2n) is 5.91. The summed E-state index contributed by atoms with van der Waals surface area (Å²) in [6, 6.07) is 0.447. The molecule has 2 rings (SSSR count). The molecule has 1 atom stereocenters. The molecule has 1 N–H and O–H groups in total. The average Bonchev–Trinajstić information content (AvgIpc) is 2.71. The monoisotopic (exact) mass is 277 g/mol. The molecule has 0 bridgehead atoms. The Morgan fingerprint density at radius 2 is 2.10 bits per heavy atom. The third-order valence-electron chi connectivity index (χ3n) is 3.61. The zero-order valence-electron chi connectivity index (χ0n) is 12.8. The summed E-state index contributed by atoms with van der Waals surface area (Å²) in [6.45, 7) is 7.25. The van der Waals surface area contributed by atoms with Gasteiger partial charge in [-0.05, 0) is 26.3 Å². The van der Waals surface area contributed by atoms with Crippen LogP contribution in [0.2, 0.25) is 0 Å². The largest absolute Gasteiger partial charge is 0.309 e. The number of aromatic amines is 1. The fourth-order valence-electron chi connectivity index (χ4n) is 2.41. The van der Waals surface area contributed by atoms with Crippen molar-refractivity contribution in [2.24, 2.45) is 13.0 Å². The van der Waals surface area contributed by atoms with E-state index in [0.29, 0.717) is 35.4 Å². The van der Waals surface area contributed by atoms with Gasteiger partial charge in [0.1, 0.15) is 11.2 Å². The molecule has 1 unspecified atom stereocenters. The van der Waals surface area contributed by atoms with Crippen molar-refractivity contribution >= 4 is 11.0 Å². The van der Waals surface area contributed by atoms with Gasteiger partial charge in [-0.15, -0.1) is 0 Å². The van der Waals surface area contributed by atoms with Gasteiger partial charge in [0.2, 0.25) is 0 Å². The van der Waals surface area contributed by atoms with Crippen LogP contribution in [0.25, 0.3) is 11.0 Å². The molecule has 0 saturated carbocycles. The third kappa shape index (κ3) is 3.07. The summed E-state index contributed by atoms with van der Waals surface area (Å²) in [7, 11) is 3.85. The molecule has 0 spiro atoms. The Morgan fingerprint density at radius 3 is 2.75 bits per heavy atom. The van der Waals surface area contributed by atoms with E-state index in [4.69, 9.17) is 0 Å². The first-order chi connectivity index (χ1) is 9.38. The summed E-state index contributed by atoms with van der Waals surface area (Å²) < 4.78 is 1.63. The number of hydrogen-bond acceptors (Lipinski definition) is 4. The van der Waals surface area contributed by atoms with E-state index >= 15 is 0 Å². The molecule has 0 saturated heterocycles. The Morgan fingerprint density at radius 1 is 1.40 bits per heavy atom. The van der Waals surface area contributed by atoms with Crippen molar-refractivity contribution < 1.29 is 0 Å².